The zero-order valence-corrected chi connectivity index (χ0v) is 61.1. The van der Waals surface area contributed by atoms with Crippen molar-refractivity contribution in [3.8, 4) is 0 Å². The minimum Gasteiger partial charge on any atom is -0.477 e. The summed E-state index contributed by atoms with van der Waals surface area (Å²) in [5.41, 5.74) is 0. The number of aliphatic carboxylic acids is 1. The SMILES string of the molecule is CCCCCCCCCCCCCCCCCCCCCCCCCCOC[C@H](CO[C@]1(C(=O)O)C[C@H](OS(=O)(=O)O)[C@@H](NC(C)=O)[C@H]([C@H](OS(=O)(=O)O)[C@@H](COS(=O)(=O)O)OS(=O)(=O)O)O1)OCCCCCCCCCCCCCCCCCCCCCCCCCC. The van der Waals surface area contributed by atoms with Gasteiger partial charge in [0, 0.05) is 26.6 Å². The van der Waals surface area contributed by atoms with Gasteiger partial charge in [0.2, 0.25) is 5.91 Å². The number of nitrogens with one attached hydrogen (secondary N) is 1. The van der Waals surface area contributed by atoms with Gasteiger partial charge in [-0.25, -0.2) is 21.5 Å². The van der Waals surface area contributed by atoms with E-state index >= 15 is 0 Å². The van der Waals surface area contributed by atoms with Gasteiger partial charge in [-0.05, 0) is 12.8 Å². The van der Waals surface area contributed by atoms with Gasteiger partial charge in [0.1, 0.15) is 30.5 Å². The number of hydrogen-bond donors (Lipinski definition) is 6. The molecule has 94 heavy (non-hydrogen) atoms. The maximum absolute atomic E-state index is 13.4. The van der Waals surface area contributed by atoms with Crippen LogP contribution >= 0.6 is 0 Å². The van der Waals surface area contributed by atoms with E-state index in [0.717, 1.165) is 64.7 Å². The Hall–Kier alpha value is -1.74. The fraction of sp³-hybridized carbons (Fsp3) is 0.970. The smallest absolute Gasteiger partial charge is 0.397 e. The number of carboxylic acids is 1. The van der Waals surface area contributed by atoms with Crippen LogP contribution in [0.2, 0.25) is 0 Å². The van der Waals surface area contributed by atoms with Crippen LogP contribution in [0, 0.1) is 0 Å². The monoisotopic (exact) mass is 1430 g/mol. The lowest BCUT2D eigenvalue weighted by Gasteiger charge is -2.48. The molecule has 0 aliphatic carbocycles. The number of carboxylic acid groups (broad SMARTS) is 1. The fourth-order valence-corrected chi connectivity index (χ4v) is 14.0. The minimum absolute atomic E-state index is 0.158. The summed E-state index contributed by atoms with van der Waals surface area (Å²) in [6.45, 7) is 3.08. The summed E-state index contributed by atoms with van der Waals surface area (Å²) in [4.78, 5) is 26.0. The molecule has 560 valence electrons. The highest BCUT2D eigenvalue weighted by atomic mass is 32.3. The zero-order valence-electron chi connectivity index (χ0n) is 57.9. The molecule has 0 unspecified atom stereocenters. The molecule has 1 amide bonds. The van der Waals surface area contributed by atoms with E-state index in [0.29, 0.717) is 19.4 Å². The number of carbonyl (C=O) groups excluding carboxylic acids is 1. The highest BCUT2D eigenvalue weighted by Crippen LogP contribution is 2.38. The predicted molar refractivity (Wildman–Crippen MR) is 364 cm³/mol. The fourth-order valence-electron chi connectivity index (χ4n) is 12.2. The quantitative estimate of drug-likeness (QED) is 0.0243. The summed E-state index contributed by atoms with van der Waals surface area (Å²) < 4.78 is 177. The van der Waals surface area contributed by atoms with Crippen LogP contribution in [-0.4, -0.2) is 144 Å². The van der Waals surface area contributed by atoms with E-state index in [2.05, 4.69) is 31.7 Å². The molecule has 24 nitrogen and oxygen atoms in total. The molecule has 0 saturated carbocycles. The Bertz CT molecular complexity index is 2320. The summed E-state index contributed by atoms with van der Waals surface area (Å²) >= 11 is 0. The number of amides is 1. The molecule has 0 bridgehead atoms. The van der Waals surface area contributed by atoms with Gasteiger partial charge in [0.15, 0.2) is 0 Å². The van der Waals surface area contributed by atoms with Crippen molar-refractivity contribution in [3.05, 3.63) is 0 Å². The third kappa shape index (κ3) is 53.2. The summed E-state index contributed by atoms with van der Waals surface area (Å²) in [7, 11) is -23.0. The molecule has 28 heteroatoms. The zero-order chi connectivity index (χ0) is 69.7. The highest BCUT2D eigenvalue weighted by Gasteiger charge is 2.59. The van der Waals surface area contributed by atoms with Crippen LogP contribution in [0.3, 0.4) is 0 Å². The van der Waals surface area contributed by atoms with Crippen LogP contribution in [0.25, 0.3) is 0 Å². The third-order valence-electron chi connectivity index (χ3n) is 17.3. The molecule has 0 radical (unpaired) electrons. The summed E-state index contributed by atoms with van der Waals surface area (Å²) in [5.74, 6) is -6.46. The van der Waals surface area contributed by atoms with E-state index in [4.69, 9.17) is 23.1 Å². The number of unbranched alkanes of at least 4 members (excludes halogenated alkanes) is 46. The van der Waals surface area contributed by atoms with Gasteiger partial charge in [-0.3, -0.25) is 23.0 Å². The van der Waals surface area contributed by atoms with Gasteiger partial charge in [0.25, 0.3) is 5.79 Å². The van der Waals surface area contributed by atoms with Crippen LogP contribution in [0.5, 0.6) is 0 Å². The van der Waals surface area contributed by atoms with Gasteiger partial charge < -0.3 is 29.4 Å². The van der Waals surface area contributed by atoms with Crippen molar-refractivity contribution >= 4 is 53.5 Å². The number of carbonyl (C=O) groups is 2. The Morgan fingerprint density at radius 2 is 0.777 bits per heavy atom. The molecular weight excluding hydrogens is 1300 g/mol. The molecule has 7 atom stereocenters. The largest absolute Gasteiger partial charge is 0.477 e. The van der Waals surface area contributed by atoms with Crippen molar-refractivity contribution in [2.75, 3.05) is 33.0 Å². The van der Waals surface area contributed by atoms with Gasteiger partial charge in [-0.15, -0.1) is 0 Å². The molecule has 0 aromatic heterocycles. The molecule has 0 aromatic rings. The molecule has 1 aliphatic rings. The molecule has 6 N–H and O–H groups in total. The van der Waals surface area contributed by atoms with Gasteiger partial charge in [0.05, 0.1) is 25.9 Å². The summed E-state index contributed by atoms with van der Waals surface area (Å²) in [6, 6.07) is -2.26. The second kappa shape index (κ2) is 56.0. The number of hydrogen-bond acceptors (Lipinski definition) is 18. The lowest BCUT2D eigenvalue weighted by molar-refractivity contribution is -0.312. The first-order chi connectivity index (χ1) is 44.8. The van der Waals surface area contributed by atoms with Crippen molar-refractivity contribution in [1.29, 1.82) is 0 Å². The molecule has 1 rings (SSSR count). The van der Waals surface area contributed by atoms with Crippen LogP contribution in [0.15, 0.2) is 0 Å². The first kappa shape index (κ1) is 90.3. The van der Waals surface area contributed by atoms with Crippen molar-refractivity contribution in [1.82, 2.24) is 5.32 Å². The number of rotatable bonds is 69. The summed E-state index contributed by atoms with van der Waals surface area (Å²) in [5, 5.41) is 12.9. The molecule has 1 heterocycles. The molecule has 1 aliphatic heterocycles. The Kier molecular flexibility index (Phi) is 53.7. The second-order valence-electron chi connectivity index (χ2n) is 26.0. The van der Waals surface area contributed by atoms with Gasteiger partial charge in [-0.2, -0.15) is 33.7 Å². The van der Waals surface area contributed by atoms with Crippen LogP contribution < -0.4 is 5.32 Å². The van der Waals surface area contributed by atoms with E-state index in [1.807, 2.05) is 0 Å². The molecule has 0 aromatic carbocycles. The van der Waals surface area contributed by atoms with Crippen LogP contribution in [0.1, 0.15) is 335 Å². The van der Waals surface area contributed by atoms with E-state index in [-0.39, 0.29) is 13.2 Å². The van der Waals surface area contributed by atoms with Crippen molar-refractivity contribution in [3.63, 3.8) is 0 Å². The number of ether oxygens (including phenoxy) is 4. The molecule has 0 spiro atoms. The Morgan fingerprint density at radius 1 is 0.447 bits per heavy atom. The van der Waals surface area contributed by atoms with Crippen LogP contribution in [0.4, 0.5) is 0 Å². The van der Waals surface area contributed by atoms with Crippen molar-refractivity contribution in [2.45, 2.75) is 378 Å². The van der Waals surface area contributed by atoms with E-state index in [9.17, 15) is 66.6 Å². The van der Waals surface area contributed by atoms with Crippen molar-refractivity contribution < 1.29 is 102 Å². The standard InChI is InChI=1S/C66H129NO23S4/c1-4-6-8-10-12-14-16-18-20-22-24-26-28-30-32-34-36-38-40-42-44-46-48-50-52-83-55-59(84-53-51-49-47-45-43-41-39-37-35-33-31-29-27-25-23-21-19-17-15-13-11-9-7-5-2)56-85-66(65(69)70)54-60(88-92(74,75)76)62(67-58(3)68)64(87-66)63(90-94(80,81)82)61(89-93(77,78)79)57-86-91(71,72)73/h59-64H,4-57H2,1-3H3,(H,67,68)(H,69,70)(H,71,72,73)(H,74,75,76)(H,77,78,79)(H,80,81,82)/t59-,60+,61-,62-,63-,64-,66-/m1/s1. The topological polar surface area (TPSA) is 358 Å². The lowest BCUT2D eigenvalue weighted by atomic mass is 9.88. The van der Waals surface area contributed by atoms with Crippen molar-refractivity contribution in [2.24, 2.45) is 0 Å². The van der Waals surface area contributed by atoms with E-state index in [1.165, 1.54) is 238 Å². The molecule has 1 fully saturated rings. The Balaban J connectivity index is 2.91. The summed E-state index contributed by atoms with van der Waals surface area (Å²) in [6.07, 6.45) is 46.4. The minimum atomic E-state index is -5.93. The average Bonchev–Trinajstić information content (AvgIpc) is 0.757. The maximum atomic E-state index is 13.4. The van der Waals surface area contributed by atoms with Crippen LogP contribution in [-0.2, 0) is 86.9 Å². The lowest BCUT2D eigenvalue weighted by Crippen LogP contribution is -2.69. The first-order valence-electron chi connectivity index (χ1n) is 36.4. The predicted octanol–water partition coefficient (Wildman–Crippen LogP) is 15.6. The van der Waals surface area contributed by atoms with Gasteiger partial charge >= 0.3 is 47.6 Å². The highest BCUT2D eigenvalue weighted by molar-refractivity contribution is 7.81. The van der Waals surface area contributed by atoms with Gasteiger partial charge in [-0.1, -0.05) is 309 Å². The first-order valence-corrected chi connectivity index (χ1v) is 41.9. The Labute approximate surface area is 568 Å². The second-order valence-corrected chi connectivity index (χ2v) is 30.3. The normalized spacial score (nSPS) is 18.4. The van der Waals surface area contributed by atoms with E-state index < -0.39 is 115 Å². The molecule has 1 saturated heterocycles. The van der Waals surface area contributed by atoms with E-state index in [1.54, 1.807) is 0 Å². The Morgan fingerprint density at radius 3 is 1.07 bits per heavy atom. The maximum Gasteiger partial charge on any atom is 0.397 e. The third-order valence-corrected chi connectivity index (χ3v) is 19.2. The average molecular weight is 1430 g/mol. The molecular formula is C66H129NO23S4.